The van der Waals surface area contributed by atoms with Crippen LogP contribution in [0.2, 0.25) is 0 Å². The van der Waals surface area contributed by atoms with E-state index in [-0.39, 0.29) is 22.4 Å². The minimum absolute atomic E-state index is 0.0116. The van der Waals surface area contributed by atoms with Crippen LogP contribution in [0.3, 0.4) is 0 Å². The molecule has 7 heteroatoms. The Morgan fingerprint density at radius 1 is 1.43 bits per heavy atom. The van der Waals surface area contributed by atoms with Crippen molar-refractivity contribution in [1.82, 2.24) is 5.32 Å². The lowest BCUT2D eigenvalue weighted by molar-refractivity contribution is -0.124. The van der Waals surface area contributed by atoms with E-state index in [1.807, 2.05) is 4.90 Å². The molecule has 1 fully saturated rings. The third kappa shape index (κ3) is 3.29. The molecule has 0 radical (unpaired) electrons. The number of anilines is 2. The number of nitrogens with one attached hydrogen (secondary N) is 1. The maximum atomic E-state index is 11.8. The number of carbonyl (C=O) groups excluding carboxylic acids is 1. The lowest BCUT2D eigenvalue weighted by atomic mass is 9.96. The topological polar surface area (TPSA) is 92.5 Å². The summed E-state index contributed by atoms with van der Waals surface area (Å²) < 4.78 is 23.5. The van der Waals surface area contributed by atoms with E-state index in [0.717, 1.165) is 25.6 Å². The summed E-state index contributed by atoms with van der Waals surface area (Å²) >= 11 is 0. The molecule has 21 heavy (non-hydrogen) atoms. The molecule has 1 aromatic rings. The Hall–Kier alpha value is -1.76. The molecule has 0 saturated carbocycles. The first-order valence-electron chi connectivity index (χ1n) is 6.89. The first kappa shape index (κ1) is 15.6. The number of amides is 1. The number of para-hydroxylation sites is 1. The summed E-state index contributed by atoms with van der Waals surface area (Å²) in [4.78, 5) is 13.9. The van der Waals surface area contributed by atoms with Crippen molar-refractivity contribution in [2.24, 2.45) is 5.92 Å². The van der Waals surface area contributed by atoms with Gasteiger partial charge >= 0.3 is 0 Å². The van der Waals surface area contributed by atoms with Crippen molar-refractivity contribution >= 4 is 27.1 Å². The van der Waals surface area contributed by atoms with Gasteiger partial charge in [-0.15, -0.1) is 0 Å². The first-order valence-corrected chi connectivity index (χ1v) is 8.79. The molecule has 1 heterocycles. The van der Waals surface area contributed by atoms with E-state index in [9.17, 15) is 13.2 Å². The highest BCUT2D eigenvalue weighted by Crippen LogP contribution is 2.32. The lowest BCUT2D eigenvalue weighted by Gasteiger charge is -2.34. The number of nitrogens with zero attached hydrogens (tertiary/aromatic N) is 1. The third-order valence-electron chi connectivity index (χ3n) is 3.82. The van der Waals surface area contributed by atoms with Crippen LogP contribution in [0.5, 0.6) is 0 Å². The van der Waals surface area contributed by atoms with Gasteiger partial charge < -0.3 is 16.0 Å². The second-order valence-corrected chi connectivity index (χ2v) is 7.34. The molecular weight excluding hydrogens is 290 g/mol. The predicted molar refractivity (Wildman–Crippen MR) is 83.0 cm³/mol. The maximum Gasteiger partial charge on any atom is 0.224 e. The van der Waals surface area contributed by atoms with Crippen molar-refractivity contribution in [3.63, 3.8) is 0 Å². The van der Waals surface area contributed by atoms with Crippen molar-refractivity contribution < 1.29 is 13.2 Å². The van der Waals surface area contributed by atoms with Gasteiger partial charge in [-0.2, -0.15) is 0 Å². The average Bonchev–Trinajstić information content (AvgIpc) is 2.45. The fourth-order valence-corrected chi connectivity index (χ4v) is 3.58. The normalized spacial score (nSPS) is 19.3. The molecule has 2 rings (SSSR count). The largest absolute Gasteiger partial charge is 0.396 e. The summed E-state index contributed by atoms with van der Waals surface area (Å²) in [5.41, 5.74) is 6.98. The van der Waals surface area contributed by atoms with Crippen LogP contribution in [-0.4, -0.2) is 40.7 Å². The van der Waals surface area contributed by atoms with Crippen molar-refractivity contribution in [3.8, 4) is 0 Å². The third-order valence-corrected chi connectivity index (χ3v) is 4.98. The number of piperidine rings is 1. The van der Waals surface area contributed by atoms with E-state index in [4.69, 9.17) is 5.73 Å². The molecule has 0 aromatic heterocycles. The Morgan fingerprint density at radius 2 is 2.14 bits per heavy atom. The molecule has 1 aliphatic rings. The van der Waals surface area contributed by atoms with Crippen LogP contribution >= 0.6 is 0 Å². The number of carbonyl (C=O) groups is 1. The Labute approximate surface area is 125 Å². The lowest BCUT2D eigenvalue weighted by Crippen LogP contribution is -2.42. The summed E-state index contributed by atoms with van der Waals surface area (Å²) in [6, 6.07) is 5.00. The number of benzene rings is 1. The summed E-state index contributed by atoms with van der Waals surface area (Å²) in [5, 5.41) is 2.66. The molecule has 1 aromatic carbocycles. The number of nitrogens with two attached hydrogens (primary N) is 1. The van der Waals surface area contributed by atoms with E-state index in [1.54, 1.807) is 19.2 Å². The number of nitrogen functional groups attached to an aromatic ring is 1. The van der Waals surface area contributed by atoms with Gasteiger partial charge in [-0.05, 0) is 25.0 Å². The smallest absolute Gasteiger partial charge is 0.224 e. The highest BCUT2D eigenvalue weighted by molar-refractivity contribution is 7.90. The highest BCUT2D eigenvalue weighted by Gasteiger charge is 2.27. The minimum atomic E-state index is -3.36. The Balaban J connectivity index is 2.32. The van der Waals surface area contributed by atoms with E-state index in [0.29, 0.717) is 12.2 Å². The number of sulfone groups is 1. The molecule has 1 unspecified atom stereocenters. The SMILES string of the molecule is CNC(=O)C1CCCN(c2cccc(S(C)(=O)=O)c2N)C1. The van der Waals surface area contributed by atoms with Gasteiger partial charge in [0.15, 0.2) is 9.84 Å². The van der Waals surface area contributed by atoms with Crippen LogP contribution in [0, 0.1) is 5.92 Å². The molecule has 0 spiro atoms. The summed E-state index contributed by atoms with van der Waals surface area (Å²) in [6.07, 6.45) is 2.86. The quantitative estimate of drug-likeness (QED) is 0.799. The van der Waals surface area contributed by atoms with Gasteiger partial charge in [0.1, 0.15) is 0 Å². The zero-order valence-corrected chi connectivity index (χ0v) is 13.1. The highest BCUT2D eigenvalue weighted by atomic mass is 32.2. The van der Waals surface area contributed by atoms with Gasteiger partial charge in [-0.1, -0.05) is 6.07 Å². The van der Waals surface area contributed by atoms with Crippen molar-refractivity contribution in [2.45, 2.75) is 17.7 Å². The van der Waals surface area contributed by atoms with Crippen LogP contribution in [-0.2, 0) is 14.6 Å². The number of hydrogen-bond acceptors (Lipinski definition) is 5. The van der Waals surface area contributed by atoms with E-state index < -0.39 is 9.84 Å². The Morgan fingerprint density at radius 3 is 2.76 bits per heavy atom. The Kier molecular flexibility index (Phi) is 4.41. The summed E-state index contributed by atoms with van der Waals surface area (Å²) in [6.45, 7) is 1.32. The fourth-order valence-electron chi connectivity index (χ4n) is 2.75. The van der Waals surface area contributed by atoms with Gasteiger partial charge in [0.25, 0.3) is 0 Å². The molecule has 1 amide bonds. The molecule has 0 aliphatic carbocycles. The maximum absolute atomic E-state index is 11.8. The minimum Gasteiger partial charge on any atom is -0.396 e. The van der Waals surface area contributed by atoms with Crippen molar-refractivity contribution in [2.75, 3.05) is 37.0 Å². The Bertz CT molecular complexity index is 643. The van der Waals surface area contributed by atoms with Crippen molar-refractivity contribution in [1.29, 1.82) is 0 Å². The summed E-state index contributed by atoms with van der Waals surface area (Å²) in [7, 11) is -1.74. The van der Waals surface area contributed by atoms with E-state index >= 15 is 0 Å². The van der Waals surface area contributed by atoms with Gasteiger partial charge in [-0.3, -0.25) is 4.79 Å². The van der Waals surface area contributed by atoms with E-state index in [2.05, 4.69) is 5.32 Å². The van der Waals surface area contributed by atoms with Gasteiger partial charge in [0.2, 0.25) is 5.91 Å². The molecule has 116 valence electrons. The molecule has 0 bridgehead atoms. The van der Waals surface area contributed by atoms with E-state index in [1.165, 1.54) is 6.07 Å². The standard InChI is InChI=1S/C14H21N3O3S/c1-16-14(18)10-5-4-8-17(9-10)11-6-3-7-12(13(11)15)21(2,19)20/h3,6-7,10H,4-5,8-9,15H2,1-2H3,(H,16,18). The number of hydrogen-bond donors (Lipinski definition) is 2. The van der Waals surface area contributed by atoms with Crippen LogP contribution < -0.4 is 16.0 Å². The second-order valence-electron chi connectivity index (χ2n) is 5.36. The molecule has 1 atom stereocenters. The van der Waals surface area contributed by atoms with Crippen LogP contribution in [0.25, 0.3) is 0 Å². The average molecular weight is 311 g/mol. The monoisotopic (exact) mass is 311 g/mol. The molecular formula is C14H21N3O3S. The van der Waals surface area contributed by atoms with Crippen LogP contribution in [0.4, 0.5) is 11.4 Å². The van der Waals surface area contributed by atoms with Gasteiger partial charge in [0, 0.05) is 26.4 Å². The summed E-state index contributed by atoms with van der Waals surface area (Å²) in [5.74, 6) is -0.0809. The second kappa shape index (κ2) is 5.93. The molecule has 6 nitrogen and oxygen atoms in total. The zero-order chi connectivity index (χ0) is 15.6. The van der Waals surface area contributed by atoms with Crippen LogP contribution in [0.1, 0.15) is 12.8 Å². The van der Waals surface area contributed by atoms with Crippen LogP contribution in [0.15, 0.2) is 23.1 Å². The molecule has 3 N–H and O–H groups in total. The fraction of sp³-hybridized carbons (Fsp3) is 0.500. The van der Waals surface area contributed by atoms with Gasteiger partial charge in [0.05, 0.1) is 22.2 Å². The number of rotatable bonds is 3. The molecule has 1 saturated heterocycles. The first-order chi connectivity index (χ1) is 9.84. The predicted octanol–water partition coefficient (Wildman–Crippen LogP) is 0.635. The van der Waals surface area contributed by atoms with Crippen molar-refractivity contribution in [3.05, 3.63) is 18.2 Å². The zero-order valence-electron chi connectivity index (χ0n) is 12.3. The van der Waals surface area contributed by atoms with Gasteiger partial charge in [-0.25, -0.2) is 8.42 Å². The molecule has 1 aliphatic heterocycles.